The summed E-state index contributed by atoms with van der Waals surface area (Å²) >= 11 is 6.38. The van der Waals surface area contributed by atoms with Gasteiger partial charge in [-0.1, -0.05) is 11.6 Å². The lowest BCUT2D eigenvalue weighted by atomic mass is 9.94. The second kappa shape index (κ2) is 6.68. The first-order valence-corrected chi connectivity index (χ1v) is 8.53. The molecule has 1 N–H and O–H groups in total. The maximum atomic E-state index is 12.9. The Bertz CT molecular complexity index is 861. The zero-order valence-corrected chi connectivity index (χ0v) is 14.2. The zero-order chi connectivity index (χ0) is 17.2. The molecule has 4 rings (SSSR count). The number of H-pyrrole nitrogens is 1. The second-order valence-corrected chi connectivity index (χ2v) is 6.54. The molecule has 8 heteroatoms. The van der Waals surface area contributed by atoms with Crippen LogP contribution in [0.3, 0.4) is 0 Å². The molecular formula is C17H17ClN6O. The molecule has 1 amide bonds. The Morgan fingerprint density at radius 2 is 2.08 bits per heavy atom. The number of hydrogen-bond acceptors (Lipinski definition) is 4. The lowest BCUT2D eigenvalue weighted by Crippen LogP contribution is -2.39. The molecule has 25 heavy (non-hydrogen) atoms. The van der Waals surface area contributed by atoms with Crippen molar-refractivity contribution in [2.45, 2.75) is 18.8 Å². The molecule has 0 aliphatic carbocycles. The molecule has 0 unspecified atom stereocenters. The van der Waals surface area contributed by atoms with Gasteiger partial charge in [0.15, 0.2) is 0 Å². The number of likely N-dealkylation sites (tertiary alicyclic amines) is 1. The summed E-state index contributed by atoms with van der Waals surface area (Å²) < 4.78 is 1.75. The van der Waals surface area contributed by atoms with Crippen LogP contribution in [0.15, 0.2) is 43.1 Å². The third-order valence-electron chi connectivity index (χ3n) is 4.57. The average Bonchev–Trinajstić information content (AvgIpc) is 3.35. The molecule has 3 aromatic rings. The summed E-state index contributed by atoms with van der Waals surface area (Å²) in [5.74, 6) is 0.250. The molecular weight excluding hydrogens is 340 g/mol. The van der Waals surface area contributed by atoms with Crippen LogP contribution in [0.5, 0.6) is 0 Å². The highest BCUT2D eigenvalue weighted by Gasteiger charge is 2.27. The molecule has 1 fully saturated rings. The van der Waals surface area contributed by atoms with Crippen molar-refractivity contribution in [3.05, 3.63) is 59.4 Å². The molecule has 1 saturated heterocycles. The highest BCUT2D eigenvalue weighted by atomic mass is 35.5. The van der Waals surface area contributed by atoms with Crippen LogP contribution in [0.25, 0.3) is 5.69 Å². The number of aromatic nitrogens is 5. The van der Waals surface area contributed by atoms with Crippen LogP contribution >= 0.6 is 11.6 Å². The van der Waals surface area contributed by atoms with Crippen LogP contribution in [0, 0.1) is 0 Å². The van der Waals surface area contributed by atoms with E-state index in [0.29, 0.717) is 17.1 Å². The van der Waals surface area contributed by atoms with Crippen LogP contribution in [0.4, 0.5) is 0 Å². The summed E-state index contributed by atoms with van der Waals surface area (Å²) in [5, 5.41) is 15.0. The van der Waals surface area contributed by atoms with Crippen LogP contribution in [-0.2, 0) is 0 Å². The van der Waals surface area contributed by atoms with E-state index in [1.54, 1.807) is 35.6 Å². The Kier molecular flexibility index (Phi) is 4.23. The highest BCUT2D eigenvalue weighted by Crippen LogP contribution is 2.28. The Morgan fingerprint density at radius 3 is 2.80 bits per heavy atom. The molecule has 1 aromatic carbocycles. The molecule has 1 aliphatic heterocycles. The normalized spacial score (nSPS) is 17.6. The number of hydrogen-bond donors (Lipinski definition) is 1. The third kappa shape index (κ3) is 3.15. The van der Waals surface area contributed by atoms with Gasteiger partial charge < -0.3 is 4.90 Å². The number of nitrogens with zero attached hydrogens (tertiary/aromatic N) is 5. The van der Waals surface area contributed by atoms with E-state index in [1.165, 1.54) is 0 Å². The number of carbonyl (C=O) groups excluding carboxylic acids is 1. The molecule has 3 heterocycles. The van der Waals surface area contributed by atoms with Gasteiger partial charge in [-0.15, -0.1) is 10.2 Å². The molecule has 2 aromatic heterocycles. The van der Waals surface area contributed by atoms with Gasteiger partial charge in [0.25, 0.3) is 5.91 Å². The first-order valence-electron chi connectivity index (χ1n) is 8.15. The van der Waals surface area contributed by atoms with Crippen LogP contribution < -0.4 is 0 Å². The van der Waals surface area contributed by atoms with E-state index in [1.807, 2.05) is 17.0 Å². The van der Waals surface area contributed by atoms with Gasteiger partial charge in [-0.3, -0.25) is 14.5 Å². The molecule has 0 bridgehead atoms. The Labute approximate surface area is 149 Å². The number of amides is 1. The van der Waals surface area contributed by atoms with Gasteiger partial charge >= 0.3 is 0 Å². The van der Waals surface area contributed by atoms with Crippen molar-refractivity contribution < 1.29 is 4.79 Å². The maximum absolute atomic E-state index is 12.9. The van der Waals surface area contributed by atoms with Crippen molar-refractivity contribution in [2.24, 2.45) is 0 Å². The minimum absolute atomic E-state index is 0.0375. The van der Waals surface area contributed by atoms with Crippen molar-refractivity contribution in [1.82, 2.24) is 29.9 Å². The molecule has 1 atom stereocenters. The van der Waals surface area contributed by atoms with Crippen molar-refractivity contribution in [2.75, 3.05) is 13.1 Å². The average molecular weight is 357 g/mol. The van der Waals surface area contributed by atoms with E-state index in [4.69, 9.17) is 11.6 Å². The van der Waals surface area contributed by atoms with Gasteiger partial charge in [-0.25, -0.2) is 0 Å². The smallest absolute Gasteiger partial charge is 0.255 e. The molecule has 128 valence electrons. The number of piperidine rings is 1. The first kappa shape index (κ1) is 15.8. The van der Waals surface area contributed by atoms with E-state index in [2.05, 4.69) is 20.4 Å². The van der Waals surface area contributed by atoms with Gasteiger partial charge in [0.05, 0.1) is 10.6 Å². The van der Waals surface area contributed by atoms with Crippen LogP contribution in [-0.4, -0.2) is 48.9 Å². The lowest BCUT2D eigenvalue weighted by molar-refractivity contribution is 0.0706. The summed E-state index contributed by atoms with van der Waals surface area (Å²) in [5.41, 5.74) is 2.41. The number of benzene rings is 1. The molecule has 1 aliphatic rings. The topological polar surface area (TPSA) is 79.7 Å². The number of aromatic amines is 1. The van der Waals surface area contributed by atoms with E-state index < -0.39 is 0 Å². The fourth-order valence-electron chi connectivity index (χ4n) is 3.25. The molecule has 0 radical (unpaired) electrons. The molecule has 7 nitrogen and oxygen atoms in total. The Balaban J connectivity index is 1.54. The fraction of sp³-hybridized carbons (Fsp3) is 0.294. The van der Waals surface area contributed by atoms with Gasteiger partial charge in [-0.05, 0) is 37.1 Å². The monoisotopic (exact) mass is 356 g/mol. The van der Waals surface area contributed by atoms with Crippen molar-refractivity contribution in [3.63, 3.8) is 0 Å². The number of nitrogens with one attached hydrogen (secondary N) is 1. The van der Waals surface area contributed by atoms with Gasteiger partial charge in [-0.2, -0.15) is 5.10 Å². The van der Waals surface area contributed by atoms with Crippen molar-refractivity contribution in [1.29, 1.82) is 0 Å². The highest BCUT2D eigenvalue weighted by molar-refractivity contribution is 6.34. The predicted molar refractivity (Wildman–Crippen MR) is 92.8 cm³/mol. The predicted octanol–water partition coefficient (Wildman–Crippen LogP) is 2.66. The quantitative estimate of drug-likeness (QED) is 0.782. The van der Waals surface area contributed by atoms with E-state index in [0.717, 1.165) is 30.8 Å². The molecule has 0 spiro atoms. The summed E-state index contributed by atoms with van der Waals surface area (Å²) in [6.07, 6.45) is 6.94. The van der Waals surface area contributed by atoms with Crippen LogP contribution in [0.1, 0.15) is 34.8 Å². The number of halogens is 1. The Hall–Kier alpha value is -2.67. The SMILES string of the molecule is O=C(c1ccc(-n2cnnc2)cc1Cl)N1CCC[C@@H](c2ccn[nH]2)C1. The van der Waals surface area contributed by atoms with Gasteiger partial charge in [0.1, 0.15) is 12.7 Å². The summed E-state index contributed by atoms with van der Waals surface area (Å²) in [7, 11) is 0. The van der Waals surface area contributed by atoms with E-state index in [-0.39, 0.29) is 11.8 Å². The largest absolute Gasteiger partial charge is 0.338 e. The third-order valence-corrected chi connectivity index (χ3v) is 4.88. The van der Waals surface area contributed by atoms with Gasteiger partial charge in [0, 0.05) is 36.6 Å². The standard InChI is InChI=1S/C17H17ClN6O/c18-15-8-13(24-10-20-21-11-24)3-4-14(15)17(25)23-7-1-2-12(9-23)16-5-6-19-22-16/h3-6,8,10-12H,1-2,7,9H2,(H,19,22)/t12-/m1/s1. The minimum Gasteiger partial charge on any atom is -0.338 e. The Morgan fingerprint density at radius 1 is 1.24 bits per heavy atom. The summed E-state index contributed by atoms with van der Waals surface area (Å²) in [6, 6.07) is 7.34. The molecule has 0 saturated carbocycles. The van der Waals surface area contributed by atoms with Crippen molar-refractivity contribution in [3.8, 4) is 5.69 Å². The summed E-state index contributed by atoms with van der Waals surface area (Å²) in [4.78, 5) is 14.8. The maximum Gasteiger partial charge on any atom is 0.255 e. The number of rotatable bonds is 3. The second-order valence-electron chi connectivity index (χ2n) is 6.14. The van der Waals surface area contributed by atoms with Crippen LogP contribution in [0.2, 0.25) is 5.02 Å². The first-order chi connectivity index (χ1) is 12.2. The summed E-state index contributed by atoms with van der Waals surface area (Å²) in [6.45, 7) is 1.41. The van der Waals surface area contributed by atoms with Crippen molar-refractivity contribution >= 4 is 17.5 Å². The zero-order valence-electron chi connectivity index (χ0n) is 13.5. The van der Waals surface area contributed by atoms with E-state index in [9.17, 15) is 4.79 Å². The number of carbonyl (C=O) groups is 1. The van der Waals surface area contributed by atoms with Gasteiger partial charge in [0.2, 0.25) is 0 Å². The van der Waals surface area contributed by atoms with E-state index >= 15 is 0 Å². The minimum atomic E-state index is -0.0375. The fourth-order valence-corrected chi connectivity index (χ4v) is 3.51. The lowest BCUT2D eigenvalue weighted by Gasteiger charge is -2.32.